The molecule has 21 heavy (non-hydrogen) atoms. The number of rotatable bonds is 5. The molecule has 3 N–H and O–H groups in total. The molecule has 1 aromatic rings. The lowest BCUT2D eigenvalue weighted by Gasteiger charge is -2.22. The number of aliphatic carboxylic acids is 1. The number of urea groups is 1. The summed E-state index contributed by atoms with van der Waals surface area (Å²) >= 11 is 0. The Balaban J connectivity index is 1.80. The largest absolute Gasteiger partial charge is 0.481 e. The lowest BCUT2D eigenvalue weighted by molar-refractivity contribution is -0.136. The third kappa shape index (κ3) is 5.43. The quantitative estimate of drug-likeness (QED) is 0.774. The van der Waals surface area contributed by atoms with Gasteiger partial charge < -0.3 is 20.5 Å². The fourth-order valence-corrected chi connectivity index (χ4v) is 2.28. The highest BCUT2D eigenvalue weighted by Crippen LogP contribution is 2.13. The van der Waals surface area contributed by atoms with E-state index in [1.54, 1.807) is 24.3 Å². The zero-order valence-electron chi connectivity index (χ0n) is 11.8. The summed E-state index contributed by atoms with van der Waals surface area (Å²) in [6.07, 6.45) is 3.20. The molecule has 0 spiro atoms. The molecule has 114 valence electrons. The van der Waals surface area contributed by atoms with Crippen LogP contribution in [0.5, 0.6) is 0 Å². The summed E-state index contributed by atoms with van der Waals surface area (Å²) in [5.74, 6) is -0.897. The molecule has 1 aromatic carbocycles. The molecular weight excluding hydrogens is 272 g/mol. The van der Waals surface area contributed by atoms with Crippen LogP contribution in [0.1, 0.15) is 24.8 Å². The van der Waals surface area contributed by atoms with Crippen molar-refractivity contribution in [2.45, 2.75) is 31.8 Å². The Morgan fingerprint density at radius 1 is 1.33 bits per heavy atom. The van der Waals surface area contributed by atoms with Crippen LogP contribution in [0.2, 0.25) is 0 Å². The first-order valence-electron chi connectivity index (χ1n) is 7.10. The molecule has 0 saturated carbocycles. The van der Waals surface area contributed by atoms with E-state index >= 15 is 0 Å². The molecule has 1 aliphatic rings. The second-order valence-electron chi connectivity index (χ2n) is 5.09. The molecule has 1 atom stereocenters. The van der Waals surface area contributed by atoms with Crippen LogP contribution in [-0.2, 0) is 16.0 Å². The summed E-state index contributed by atoms with van der Waals surface area (Å²) in [6, 6.07) is 6.51. The number of amides is 2. The van der Waals surface area contributed by atoms with Gasteiger partial charge in [-0.05, 0) is 37.0 Å². The predicted octanol–water partition coefficient (Wildman–Crippen LogP) is 2.00. The second-order valence-corrected chi connectivity index (χ2v) is 5.09. The molecule has 1 unspecified atom stereocenters. The maximum absolute atomic E-state index is 11.8. The average molecular weight is 292 g/mol. The van der Waals surface area contributed by atoms with Crippen molar-refractivity contribution >= 4 is 17.7 Å². The number of carboxylic acids is 1. The SMILES string of the molecule is O=C(O)Cc1cccc(NC(=O)NCC2CCCCO2)c1. The van der Waals surface area contributed by atoms with E-state index in [0.717, 1.165) is 25.9 Å². The first kappa shape index (κ1) is 15.3. The van der Waals surface area contributed by atoms with Gasteiger partial charge in [-0.2, -0.15) is 0 Å². The van der Waals surface area contributed by atoms with Crippen molar-refractivity contribution in [1.29, 1.82) is 0 Å². The standard InChI is InChI=1S/C15H20N2O4/c18-14(19)9-11-4-3-5-12(8-11)17-15(20)16-10-13-6-1-2-7-21-13/h3-5,8,13H,1-2,6-7,9-10H2,(H,18,19)(H2,16,17,20). The van der Waals surface area contributed by atoms with E-state index in [9.17, 15) is 9.59 Å². The first-order valence-corrected chi connectivity index (χ1v) is 7.10. The van der Waals surface area contributed by atoms with Gasteiger partial charge in [0, 0.05) is 18.8 Å². The molecule has 0 aliphatic carbocycles. The van der Waals surface area contributed by atoms with E-state index in [1.807, 2.05) is 0 Å². The van der Waals surface area contributed by atoms with E-state index in [4.69, 9.17) is 9.84 Å². The Hall–Kier alpha value is -2.08. The Labute approximate surface area is 123 Å². The number of benzene rings is 1. The van der Waals surface area contributed by atoms with Gasteiger partial charge in [0.05, 0.1) is 12.5 Å². The molecular formula is C15H20N2O4. The first-order chi connectivity index (χ1) is 10.1. The topological polar surface area (TPSA) is 87.7 Å². The Morgan fingerprint density at radius 2 is 2.19 bits per heavy atom. The van der Waals surface area contributed by atoms with Crippen LogP contribution in [0, 0.1) is 0 Å². The second kappa shape index (κ2) is 7.64. The lowest BCUT2D eigenvalue weighted by atomic mass is 10.1. The molecule has 6 nitrogen and oxygen atoms in total. The third-order valence-corrected chi connectivity index (χ3v) is 3.30. The maximum Gasteiger partial charge on any atom is 0.319 e. The average Bonchev–Trinajstić information content (AvgIpc) is 2.46. The van der Waals surface area contributed by atoms with E-state index < -0.39 is 5.97 Å². The Bertz CT molecular complexity index is 498. The molecule has 0 radical (unpaired) electrons. The van der Waals surface area contributed by atoms with Gasteiger partial charge in [0.25, 0.3) is 0 Å². The number of ether oxygens (including phenoxy) is 1. The molecule has 2 amide bonds. The normalized spacial score (nSPS) is 18.0. The summed E-state index contributed by atoms with van der Waals surface area (Å²) in [5, 5.41) is 14.2. The van der Waals surface area contributed by atoms with Gasteiger partial charge in [0.1, 0.15) is 0 Å². The van der Waals surface area contributed by atoms with Crippen molar-refractivity contribution in [3.05, 3.63) is 29.8 Å². The van der Waals surface area contributed by atoms with E-state index in [0.29, 0.717) is 17.8 Å². The van der Waals surface area contributed by atoms with Gasteiger partial charge in [-0.15, -0.1) is 0 Å². The van der Waals surface area contributed by atoms with Crippen molar-refractivity contribution in [1.82, 2.24) is 5.32 Å². The molecule has 2 rings (SSSR count). The van der Waals surface area contributed by atoms with Gasteiger partial charge in [-0.25, -0.2) is 4.79 Å². The number of carboxylic acid groups (broad SMARTS) is 1. The highest BCUT2D eigenvalue weighted by Gasteiger charge is 2.14. The highest BCUT2D eigenvalue weighted by atomic mass is 16.5. The molecule has 1 fully saturated rings. The van der Waals surface area contributed by atoms with Crippen LogP contribution in [0.15, 0.2) is 24.3 Å². The summed E-state index contributed by atoms with van der Waals surface area (Å²) in [5.41, 5.74) is 1.23. The number of anilines is 1. The van der Waals surface area contributed by atoms with Crippen molar-refractivity contribution in [3.8, 4) is 0 Å². The smallest absolute Gasteiger partial charge is 0.319 e. The van der Waals surface area contributed by atoms with Gasteiger partial charge in [-0.3, -0.25) is 4.79 Å². The summed E-state index contributed by atoms with van der Waals surface area (Å²) in [4.78, 5) is 22.5. The number of carbonyl (C=O) groups excluding carboxylic acids is 1. The fraction of sp³-hybridized carbons (Fsp3) is 0.467. The van der Waals surface area contributed by atoms with Crippen molar-refractivity contribution in [3.63, 3.8) is 0 Å². The summed E-state index contributed by atoms with van der Waals surface area (Å²) < 4.78 is 5.53. The third-order valence-electron chi connectivity index (χ3n) is 3.30. The van der Waals surface area contributed by atoms with Crippen molar-refractivity contribution in [2.24, 2.45) is 0 Å². The number of hydrogen-bond acceptors (Lipinski definition) is 3. The minimum atomic E-state index is -0.897. The summed E-state index contributed by atoms with van der Waals surface area (Å²) in [6.45, 7) is 1.24. The van der Waals surface area contributed by atoms with Crippen LogP contribution in [0.25, 0.3) is 0 Å². The molecule has 6 heteroatoms. The zero-order chi connectivity index (χ0) is 15.1. The van der Waals surface area contributed by atoms with E-state index in [-0.39, 0.29) is 18.6 Å². The zero-order valence-corrected chi connectivity index (χ0v) is 11.8. The summed E-state index contributed by atoms with van der Waals surface area (Å²) in [7, 11) is 0. The number of hydrogen-bond donors (Lipinski definition) is 3. The minimum absolute atomic E-state index is 0.0624. The predicted molar refractivity (Wildman–Crippen MR) is 78.4 cm³/mol. The van der Waals surface area contributed by atoms with Crippen LogP contribution in [0.4, 0.5) is 10.5 Å². The van der Waals surface area contributed by atoms with Gasteiger partial charge in [-0.1, -0.05) is 12.1 Å². The van der Waals surface area contributed by atoms with Gasteiger partial charge in [0.2, 0.25) is 0 Å². The Kier molecular flexibility index (Phi) is 5.57. The molecule has 0 aromatic heterocycles. The highest BCUT2D eigenvalue weighted by molar-refractivity contribution is 5.89. The molecule has 1 aliphatic heterocycles. The van der Waals surface area contributed by atoms with Crippen LogP contribution in [0.3, 0.4) is 0 Å². The van der Waals surface area contributed by atoms with E-state index in [2.05, 4.69) is 10.6 Å². The Morgan fingerprint density at radius 3 is 2.90 bits per heavy atom. The van der Waals surface area contributed by atoms with E-state index in [1.165, 1.54) is 0 Å². The van der Waals surface area contributed by atoms with Gasteiger partial charge >= 0.3 is 12.0 Å². The minimum Gasteiger partial charge on any atom is -0.481 e. The van der Waals surface area contributed by atoms with Gasteiger partial charge in [0.15, 0.2) is 0 Å². The maximum atomic E-state index is 11.8. The molecule has 1 saturated heterocycles. The van der Waals surface area contributed by atoms with Crippen molar-refractivity contribution in [2.75, 3.05) is 18.5 Å². The monoisotopic (exact) mass is 292 g/mol. The number of carbonyl (C=O) groups is 2. The fourth-order valence-electron chi connectivity index (χ4n) is 2.28. The van der Waals surface area contributed by atoms with Crippen LogP contribution >= 0.6 is 0 Å². The van der Waals surface area contributed by atoms with Crippen LogP contribution in [-0.4, -0.2) is 36.4 Å². The lowest BCUT2D eigenvalue weighted by Crippen LogP contribution is -2.37. The van der Waals surface area contributed by atoms with Crippen molar-refractivity contribution < 1.29 is 19.4 Å². The molecule has 1 heterocycles. The molecule has 0 bridgehead atoms. The van der Waals surface area contributed by atoms with Crippen LogP contribution < -0.4 is 10.6 Å². The number of nitrogens with one attached hydrogen (secondary N) is 2.